The fraction of sp³-hybridized carbons (Fsp3) is 0.583. The lowest BCUT2D eigenvalue weighted by atomic mass is 10.1. The van der Waals surface area contributed by atoms with Gasteiger partial charge in [-0.1, -0.05) is 15.9 Å². The third-order valence-electron chi connectivity index (χ3n) is 3.15. The SMILES string of the molecule is Cc1cc(C(=O)NCC2(CBr)CC2)c(C)o1. The molecule has 0 saturated heterocycles. The molecule has 1 heterocycles. The van der Waals surface area contributed by atoms with Crippen molar-refractivity contribution in [3.8, 4) is 0 Å². The Labute approximate surface area is 104 Å². The summed E-state index contributed by atoms with van der Waals surface area (Å²) < 4.78 is 5.34. The monoisotopic (exact) mass is 285 g/mol. The van der Waals surface area contributed by atoms with Gasteiger partial charge in [0, 0.05) is 11.9 Å². The minimum absolute atomic E-state index is 0.0263. The van der Waals surface area contributed by atoms with E-state index in [2.05, 4.69) is 21.2 Å². The van der Waals surface area contributed by atoms with Gasteiger partial charge in [0.2, 0.25) is 0 Å². The smallest absolute Gasteiger partial charge is 0.254 e. The van der Waals surface area contributed by atoms with E-state index in [-0.39, 0.29) is 5.91 Å². The van der Waals surface area contributed by atoms with E-state index in [1.165, 1.54) is 12.8 Å². The van der Waals surface area contributed by atoms with Crippen LogP contribution < -0.4 is 5.32 Å². The molecule has 1 aliphatic carbocycles. The maximum absolute atomic E-state index is 11.9. The van der Waals surface area contributed by atoms with E-state index in [9.17, 15) is 4.79 Å². The van der Waals surface area contributed by atoms with Crippen LogP contribution in [0.3, 0.4) is 0 Å². The van der Waals surface area contributed by atoms with Gasteiger partial charge < -0.3 is 9.73 Å². The molecule has 0 atom stereocenters. The number of halogens is 1. The van der Waals surface area contributed by atoms with Gasteiger partial charge in [0.05, 0.1) is 5.56 Å². The zero-order chi connectivity index (χ0) is 11.8. The lowest BCUT2D eigenvalue weighted by Crippen LogP contribution is -2.31. The molecule has 0 bridgehead atoms. The third kappa shape index (κ3) is 2.32. The molecule has 88 valence electrons. The summed E-state index contributed by atoms with van der Waals surface area (Å²) in [6.07, 6.45) is 2.39. The number of hydrogen-bond acceptors (Lipinski definition) is 2. The fourth-order valence-corrected chi connectivity index (χ4v) is 2.51. The predicted molar refractivity (Wildman–Crippen MR) is 66.0 cm³/mol. The van der Waals surface area contributed by atoms with Crippen molar-refractivity contribution in [2.45, 2.75) is 26.7 Å². The number of furan rings is 1. The molecule has 1 aliphatic rings. The fourth-order valence-electron chi connectivity index (χ4n) is 1.75. The minimum Gasteiger partial charge on any atom is -0.466 e. The summed E-state index contributed by atoms with van der Waals surface area (Å²) in [6.45, 7) is 4.42. The van der Waals surface area contributed by atoms with E-state index >= 15 is 0 Å². The number of alkyl halides is 1. The molecule has 1 N–H and O–H groups in total. The molecule has 0 unspecified atom stereocenters. The zero-order valence-corrected chi connectivity index (χ0v) is 11.2. The van der Waals surface area contributed by atoms with Crippen LogP contribution in [-0.4, -0.2) is 17.8 Å². The second-order valence-corrected chi connectivity index (χ2v) is 5.20. The summed E-state index contributed by atoms with van der Waals surface area (Å²) in [6, 6.07) is 1.79. The number of rotatable bonds is 4. The van der Waals surface area contributed by atoms with Gasteiger partial charge >= 0.3 is 0 Å². The average Bonchev–Trinajstić information content (AvgIpc) is 2.96. The van der Waals surface area contributed by atoms with Gasteiger partial charge in [0.15, 0.2) is 0 Å². The highest BCUT2D eigenvalue weighted by Crippen LogP contribution is 2.46. The van der Waals surface area contributed by atoms with Crippen LogP contribution in [0.1, 0.15) is 34.7 Å². The Bertz CT molecular complexity index is 407. The van der Waals surface area contributed by atoms with Gasteiger partial charge in [-0.3, -0.25) is 4.79 Å². The lowest BCUT2D eigenvalue weighted by Gasteiger charge is -2.11. The van der Waals surface area contributed by atoms with Crippen molar-refractivity contribution in [2.24, 2.45) is 5.41 Å². The van der Waals surface area contributed by atoms with Crippen LogP contribution in [0.2, 0.25) is 0 Å². The van der Waals surface area contributed by atoms with Crippen LogP contribution in [0.4, 0.5) is 0 Å². The molecule has 0 radical (unpaired) electrons. The van der Waals surface area contributed by atoms with Crippen LogP contribution >= 0.6 is 15.9 Å². The Morgan fingerprint density at radius 2 is 2.25 bits per heavy atom. The van der Waals surface area contributed by atoms with Crippen molar-refractivity contribution in [3.05, 3.63) is 23.2 Å². The van der Waals surface area contributed by atoms with Crippen LogP contribution in [0.15, 0.2) is 10.5 Å². The van der Waals surface area contributed by atoms with Crippen molar-refractivity contribution in [1.29, 1.82) is 0 Å². The first-order chi connectivity index (χ1) is 7.56. The average molecular weight is 286 g/mol. The van der Waals surface area contributed by atoms with E-state index in [4.69, 9.17) is 4.42 Å². The first-order valence-electron chi connectivity index (χ1n) is 5.47. The highest BCUT2D eigenvalue weighted by Gasteiger charge is 2.41. The second kappa shape index (κ2) is 4.24. The Kier molecular flexibility index (Phi) is 3.10. The molecule has 1 fully saturated rings. The summed E-state index contributed by atoms with van der Waals surface area (Å²) in [5.41, 5.74) is 0.963. The molecule has 0 aliphatic heterocycles. The second-order valence-electron chi connectivity index (χ2n) is 4.64. The molecule has 0 spiro atoms. The number of carbonyl (C=O) groups excluding carboxylic acids is 1. The predicted octanol–water partition coefficient (Wildman–Crippen LogP) is 2.80. The van der Waals surface area contributed by atoms with Crippen molar-refractivity contribution >= 4 is 21.8 Å². The van der Waals surface area contributed by atoms with Gasteiger partial charge in [-0.25, -0.2) is 0 Å². The van der Waals surface area contributed by atoms with Crippen molar-refractivity contribution in [2.75, 3.05) is 11.9 Å². The molecule has 0 aromatic carbocycles. The van der Waals surface area contributed by atoms with Crippen LogP contribution in [-0.2, 0) is 0 Å². The molecular formula is C12H16BrNO2. The molecule has 3 nitrogen and oxygen atoms in total. The van der Waals surface area contributed by atoms with E-state index < -0.39 is 0 Å². The van der Waals surface area contributed by atoms with E-state index in [1.54, 1.807) is 6.07 Å². The van der Waals surface area contributed by atoms with Gasteiger partial charge in [-0.15, -0.1) is 0 Å². The highest BCUT2D eigenvalue weighted by molar-refractivity contribution is 9.09. The lowest BCUT2D eigenvalue weighted by molar-refractivity contribution is 0.0945. The van der Waals surface area contributed by atoms with E-state index in [1.807, 2.05) is 13.8 Å². The standard InChI is InChI=1S/C12H16BrNO2/c1-8-5-10(9(2)16-8)11(15)14-7-12(6-13)3-4-12/h5H,3-4,6-7H2,1-2H3,(H,14,15). The maximum Gasteiger partial charge on any atom is 0.254 e. The Balaban J connectivity index is 1.96. The summed E-state index contributed by atoms with van der Waals surface area (Å²) >= 11 is 3.49. The normalized spacial score (nSPS) is 17.2. The number of carbonyl (C=O) groups is 1. The third-order valence-corrected chi connectivity index (χ3v) is 4.34. The summed E-state index contributed by atoms with van der Waals surface area (Å²) in [7, 11) is 0. The van der Waals surface area contributed by atoms with Gasteiger partial charge in [0.1, 0.15) is 11.5 Å². The van der Waals surface area contributed by atoms with Crippen molar-refractivity contribution < 1.29 is 9.21 Å². The largest absolute Gasteiger partial charge is 0.466 e. The van der Waals surface area contributed by atoms with Gasteiger partial charge in [-0.05, 0) is 38.2 Å². The Morgan fingerprint density at radius 1 is 1.56 bits per heavy atom. The topological polar surface area (TPSA) is 42.2 Å². The quantitative estimate of drug-likeness (QED) is 0.865. The highest BCUT2D eigenvalue weighted by atomic mass is 79.9. The van der Waals surface area contributed by atoms with Gasteiger partial charge in [0.25, 0.3) is 5.91 Å². The van der Waals surface area contributed by atoms with Crippen LogP contribution in [0.5, 0.6) is 0 Å². The molecule has 1 saturated carbocycles. The number of amides is 1. The molecule has 1 aromatic heterocycles. The minimum atomic E-state index is -0.0263. The molecule has 1 aromatic rings. The summed E-state index contributed by atoms with van der Waals surface area (Å²) in [4.78, 5) is 11.9. The zero-order valence-electron chi connectivity index (χ0n) is 9.60. The van der Waals surface area contributed by atoms with Crippen molar-refractivity contribution in [3.63, 3.8) is 0 Å². The molecule has 2 rings (SSSR count). The number of nitrogens with one attached hydrogen (secondary N) is 1. The van der Waals surface area contributed by atoms with Crippen LogP contribution in [0, 0.1) is 19.3 Å². The van der Waals surface area contributed by atoms with E-state index in [0.29, 0.717) is 16.7 Å². The van der Waals surface area contributed by atoms with Gasteiger partial charge in [-0.2, -0.15) is 0 Å². The first kappa shape index (κ1) is 11.7. The summed E-state index contributed by atoms with van der Waals surface area (Å²) in [5.74, 6) is 1.45. The van der Waals surface area contributed by atoms with Crippen LogP contribution in [0.25, 0.3) is 0 Å². The van der Waals surface area contributed by atoms with E-state index in [0.717, 1.165) is 17.6 Å². The van der Waals surface area contributed by atoms with Crippen molar-refractivity contribution in [1.82, 2.24) is 5.32 Å². The first-order valence-corrected chi connectivity index (χ1v) is 6.60. The molecule has 4 heteroatoms. The Hall–Kier alpha value is -0.770. The molecular weight excluding hydrogens is 270 g/mol. The summed E-state index contributed by atoms with van der Waals surface area (Å²) in [5, 5.41) is 3.94. The number of hydrogen-bond donors (Lipinski definition) is 1. The number of aryl methyl sites for hydroxylation is 2. The molecule has 1 amide bonds. The molecule has 16 heavy (non-hydrogen) atoms. The maximum atomic E-state index is 11.9. The Morgan fingerprint density at radius 3 is 2.69 bits per heavy atom.